The largest absolute Gasteiger partial charge is 0.497 e. The van der Waals surface area contributed by atoms with E-state index in [0.29, 0.717) is 23.0 Å². The molecule has 0 aliphatic carbocycles. The summed E-state index contributed by atoms with van der Waals surface area (Å²) in [5, 5.41) is 17.0. The van der Waals surface area contributed by atoms with Crippen LogP contribution in [-0.2, 0) is 4.74 Å². The van der Waals surface area contributed by atoms with Crippen LogP contribution in [0.2, 0.25) is 0 Å². The molecule has 29 heavy (non-hydrogen) atoms. The SMILES string of the molecule is CCNC(=NCC(O)c1cc(OC)cc(OC)c1)NCCN(C)CCCOC.I. The number of hydrogen-bond donors (Lipinski definition) is 3. The molecule has 0 aliphatic heterocycles. The number of guanidine groups is 1. The standard InChI is InChI=1S/C20H36N4O4.HI/c1-6-21-20(22-8-10-24(2)9-7-11-26-3)23-15-19(25)16-12-17(27-4)14-18(13-16)28-5;/h12-14,19,25H,6-11,15H2,1-5H3,(H2,21,22,23);1H. The van der Waals surface area contributed by atoms with Crippen molar-refractivity contribution in [3.05, 3.63) is 23.8 Å². The highest BCUT2D eigenvalue weighted by atomic mass is 127. The minimum atomic E-state index is -0.754. The summed E-state index contributed by atoms with van der Waals surface area (Å²) < 4.78 is 15.6. The lowest BCUT2D eigenvalue weighted by Gasteiger charge is -2.18. The smallest absolute Gasteiger partial charge is 0.191 e. The van der Waals surface area contributed by atoms with Crippen LogP contribution in [0.15, 0.2) is 23.2 Å². The van der Waals surface area contributed by atoms with Crippen molar-refractivity contribution in [3.8, 4) is 11.5 Å². The summed E-state index contributed by atoms with van der Waals surface area (Å²) in [6.07, 6.45) is 0.258. The van der Waals surface area contributed by atoms with Crippen molar-refractivity contribution in [1.82, 2.24) is 15.5 Å². The number of nitrogens with one attached hydrogen (secondary N) is 2. The summed E-state index contributed by atoms with van der Waals surface area (Å²) in [5.41, 5.74) is 0.702. The van der Waals surface area contributed by atoms with Crippen LogP contribution in [0, 0.1) is 0 Å². The van der Waals surface area contributed by atoms with Crippen LogP contribution in [0.25, 0.3) is 0 Å². The predicted molar refractivity (Wildman–Crippen MR) is 128 cm³/mol. The van der Waals surface area contributed by atoms with Crippen molar-refractivity contribution in [2.24, 2.45) is 4.99 Å². The van der Waals surface area contributed by atoms with E-state index < -0.39 is 6.10 Å². The molecule has 1 aromatic carbocycles. The molecule has 0 amide bonds. The number of halogens is 1. The number of aliphatic hydroxyl groups excluding tert-OH is 1. The zero-order valence-electron chi connectivity index (χ0n) is 18.2. The first-order valence-electron chi connectivity index (χ1n) is 9.64. The number of nitrogens with zero attached hydrogens (tertiary/aromatic N) is 2. The van der Waals surface area contributed by atoms with Crippen molar-refractivity contribution < 1.29 is 19.3 Å². The molecule has 8 nitrogen and oxygen atoms in total. The first kappa shape index (κ1) is 27.7. The fourth-order valence-electron chi connectivity index (χ4n) is 2.60. The fraction of sp³-hybridized carbons (Fsp3) is 0.650. The average molecular weight is 524 g/mol. The van der Waals surface area contributed by atoms with Crippen molar-refractivity contribution in [2.75, 3.05) is 67.7 Å². The topological polar surface area (TPSA) is 87.6 Å². The molecular weight excluding hydrogens is 487 g/mol. The maximum Gasteiger partial charge on any atom is 0.191 e. The fourth-order valence-corrected chi connectivity index (χ4v) is 2.60. The Labute approximate surface area is 192 Å². The van der Waals surface area contributed by atoms with Gasteiger partial charge in [0.2, 0.25) is 0 Å². The van der Waals surface area contributed by atoms with E-state index in [-0.39, 0.29) is 30.5 Å². The molecule has 0 heterocycles. The summed E-state index contributed by atoms with van der Waals surface area (Å²) >= 11 is 0. The van der Waals surface area contributed by atoms with Crippen molar-refractivity contribution in [1.29, 1.82) is 0 Å². The van der Waals surface area contributed by atoms with Gasteiger partial charge in [-0.2, -0.15) is 0 Å². The van der Waals surface area contributed by atoms with Gasteiger partial charge in [0, 0.05) is 46.0 Å². The minimum absolute atomic E-state index is 0. The van der Waals surface area contributed by atoms with Gasteiger partial charge in [0.05, 0.1) is 26.9 Å². The Morgan fingerprint density at radius 3 is 2.31 bits per heavy atom. The zero-order chi connectivity index (χ0) is 20.8. The molecule has 0 saturated heterocycles. The Morgan fingerprint density at radius 2 is 1.76 bits per heavy atom. The number of ether oxygens (including phenoxy) is 3. The quantitative estimate of drug-likeness (QED) is 0.157. The number of benzene rings is 1. The van der Waals surface area contributed by atoms with Crippen molar-refractivity contribution in [3.63, 3.8) is 0 Å². The van der Waals surface area contributed by atoms with E-state index in [1.807, 2.05) is 6.92 Å². The molecule has 1 aromatic rings. The van der Waals surface area contributed by atoms with Crippen molar-refractivity contribution in [2.45, 2.75) is 19.4 Å². The number of hydrogen-bond acceptors (Lipinski definition) is 6. The van der Waals surface area contributed by atoms with E-state index in [4.69, 9.17) is 14.2 Å². The van der Waals surface area contributed by atoms with Crippen LogP contribution >= 0.6 is 24.0 Å². The summed E-state index contributed by atoms with van der Waals surface area (Å²) in [4.78, 5) is 6.74. The van der Waals surface area contributed by atoms with Gasteiger partial charge in [0.25, 0.3) is 0 Å². The molecule has 168 valence electrons. The molecule has 0 fully saturated rings. The lowest BCUT2D eigenvalue weighted by atomic mass is 10.1. The molecule has 1 unspecified atom stereocenters. The molecule has 0 aliphatic rings. The molecule has 3 N–H and O–H groups in total. The first-order chi connectivity index (χ1) is 13.5. The summed E-state index contributed by atoms with van der Waals surface area (Å²) in [5.74, 6) is 1.96. The summed E-state index contributed by atoms with van der Waals surface area (Å²) in [6, 6.07) is 5.35. The Kier molecular flexibility index (Phi) is 15.8. The lowest BCUT2D eigenvalue weighted by Crippen LogP contribution is -2.41. The lowest BCUT2D eigenvalue weighted by molar-refractivity contribution is 0.180. The van der Waals surface area contributed by atoms with Gasteiger partial charge in [0.1, 0.15) is 11.5 Å². The maximum atomic E-state index is 10.5. The monoisotopic (exact) mass is 524 g/mol. The van der Waals surface area contributed by atoms with Gasteiger partial charge in [-0.3, -0.25) is 4.99 Å². The average Bonchev–Trinajstić information content (AvgIpc) is 2.71. The Hall–Kier alpha value is -1.30. The highest BCUT2D eigenvalue weighted by molar-refractivity contribution is 14.0. The van der Waals surface area contributed by atoms with Crippen LogP contribution in [0.5, 0.6) is 11.5 Å². The van der Waals surface area contributed by atoms with Gasteiger partial charge in [-0.15, -0.1) is 24.0 Å². The Balaban J connectivity index is 0.00000784. The van der Waals surface area contributed by atoms with Gasteiger partial charge in [-0.1, -0.05) is 0 Å². The van der Waals surface area contributed by atoms with Gasteiger partial charge in [-0.05, 0) is 38.1 Å². The van der Waals surface area contributed by atoms with Crippen LogP contribution in [0.1, 0.15) is 25.0 Å². The normalized spacial score (nSPS) is 12.3. The van der Waals surface area contributed by atoms with Gasteiger partial charge in [-0.25, -0.2) is 0 Å². The van der Waals surface area contributed by atoms with Crippen LogP contribution in [-0.4, -0.2) is 83.7 Å². The van der Waals surface area contributed by atoms with Crippen molar-refractivity contribution >= 4 is 29.9 Å². The maximum absolute atomic E-state index is 10.5. The molecule has 1 atom stereocenters. The third-order valence-electron chi connectivity index (χ3n) is 4.20. The predicted octanol–water partition coefficient (Wildman–Crippen LogP) is 1.88. The minimum Gasteiger partial charge on any atom is -0.497 e. The van der Waals surface area contributed by atoms with E-state index in [1.165, 1.54) is 0 Å². The molecule has 0 aromatic heterocycles. The molecular formula is C20H37IN4O4. The van der Waals surface area contributed by atoms with Crippen LogP contribution in [0.3, 0.4) is 0 Å². The number of likely N-dealkylation sites (N-methyl/N-ethyl adjacent to an activating group) is 1. The second-order valence-corrected chi connectivity index (χ2v) is 6.46. The Morgan fingerprint density at radius 1 is 1.10 bits per heavy atom. The molecule has 0 spiro atoms. The second-order valence-electron chi connectivity index (χ2n) is 6.46. The van der Waals surface area contributed by atoms with Crippen LogP contribution < -0.4 is 20.1 Å². The number of aliphatic hydroxyl groups is 1. The second kappa shape index (κ2) is 16.5. The Bertz CT molecular complexity index is 567. The van der Waals surface area contributed by atoms with E-state index >= 15 is 0 Å². The van der Waals surface area contributed by atoms with E-state index in [9.17, 15) is 5.11 Å². The molecule has 0 bridgehead atoms. The highest BCUT2D eigenvalue weighted by Crippen LogP contribution is 2.26. The van der Waals surface area contributed by atoms with E-state index in [0.717, 1.165) is 39.2 Å². The van der Waals surface area contributed by atoms with E-state index in [1.54, 1.807) is 39.5 Å². The van der Waals surface area contributed by atoms with Gasteiger partial charge >= 0.3 is 0 Å². The highest BCUT2D eigenvalue weighted by Gasteiger charge is 2.11. The number of rotatable bonds is 13. The summed E-state index contributed by atoms with van der Waals surface area (Å²) in [6.45, 7) is 6.40. The van der Waals surface area contributed by atoms with Crippen LogP contribution in [0.4, 0.5) is 0 Å². The molecule has 0 radical (unpaired) electrons. The third kappa shape index (κ3) is 11.5. The van der Waals surface area contributed by atoms with Gasteiger partial charge < -0.3 is 34.9 Å². The zero-order valence-corrected chi connectivity index (χ0v) is 20.6. The summed E-state index contributed by atoms with van der Waals surface area (Å²) in [7, 11) is 6.98. The number of methoxy groups -OCH3 is 3. The van der Waals surface area contributed by atoms with Gasteiger partial charge in [0.15, 0.2) is 5.96 Å². The molecule has 9 heteroatoms. The van der Waals surface area contributed by atoms with E-state index in [2.05, 4.69) is 27.6 Å². The third-order valence-corrected chi connectivity index (χ3v) is 4.20. The molecule has 1 rings (SSSR count). The number of aliphatic imine (C=N–C) groups is 1. The molecule has 0 saturated carbocycles. The first-order valence-corrected chi connectivity index (χ1v) is 9.64.